The molecule has 44 heavy (non-hydrogen) atoms. The molecule has 0 radical (unpaired) electrons. The van der Waals surface area contributed by atoms with E-state index in [-0.39, 0.29) is 16.7 Å². The topological polar surface area (TPSA) is 97.9 Å². The molecule has 0 bridgehead atoms. The third-order valence-corrected chi connectivity index (χ3v) is 10.3. The molecule has 7 nitrogen and oxygen atoms in total. The number of Topliss-reactive ketones (excluding diaryl/α,β-unsaturated/α-hetero) is 1. The average Bonchev–Trinajstić information content (AvgIpc) is 3.29. The molecule has 236 valence electrons. The van der Waals surface area contributed by atoms with Crippen LogP contribution in [0.15, 0.2) is 82.3 Å². The Labute approximate surface area is 267 Å². The van der Waals surface area contributed by atoms with E-state index in [4.69, 9.17) is 0 Å². The van der Waals surface area contributed by atoms with Crippen molar-refractivity contribution in [3.05, 3.63) is 83.6 Å². The first-order valence-electron chi connectivity index (χ1n) is 15.2. The number of hydrogen-bond acceptors (Lipinski definition) is 4. The second kappa shape index (κ2) is 13.6. The number of anilines is 1. The standard InChI is InChI=1S/C35H44N2O5S2/c1-24(2)31(38)14-10-9-13-21-37-30-20-18-26(44(41)42)23-28(30)35(5,6)33(37)16-12-8-11-15-32-34(3,4)27-22-25(43(39)40)17-19-29(27)36(32)7/h8,11-12,15-20,22-24H,9-10,13-14,21H2,1-7H3,(H-,39,40,41,42)/p+1. The summed E-state index contributed by atoms with van der Waals surface area (Å²) in [5.74, 6) is 0.379. The van der Waals surface area contributed by atoms with E-state index in [1.54, 1.807) is 12.1 Å². The van der Waals surface area contributed by atoms with Crippen molar-refractivity contribution >= 4 is 45.0 Å². The van der Waals surface area contributed by atoms with Gasteiger partial charge in [-0.2, -0.15) is 4.58 Å². The Kier molecular flexibility index (Phi) is 10.5. The maximum atomic E-state index is 12.1. The van der Waals surface area contributed by atoms with Crippen molar-refractivity contribution in [1.82, 2.24) is 0 Å². The second-order valence-electron chi connectivity index (χ2n) is 12.9. The zero-order chi connectivity index (χ0) is 32.4. The fraction of sp³-hybridized carbons (Fsp3) is 0.429. The van der Waals surface area contributed by atoms with Gasteiger partial charge in [0.05, 0.1) is 15.2 Å². The van der Waals surface area contributed by atoms with Gasteiger partial charge in [0.2, 0.25) is 5.69 Å². The van der Waals surface area contributed by atoms with Gasteiger partial charge >= 0.3 is 0 Å². The molecule has 2 heterocycles. The van der Waals surface area contributed by atoms with Crippen LogP contribution in [0.5, 0.6) is 0 Å². The number of benzene rings is 2. The Bertz CT molecular complexity index is 1610. The van der Waals surface area contributed by atoms with E-state index in [1.165, 1.54) is 0 Å². The van der Waals surface area contributed by atoms with Crippen LogP contribution in [0.1, 0.15) is 78.4 Å². The van der Waals surface area contributed by atoms with Crippen molar-refractivity contribution in [2.24, 2.45) is 5.92 Å². The summed E-state index contributed by atoms with van der Waals surface area (Å²) in [6.45, 7) is 13.2. The van der Waals surface area contributed by atoms with Gasteiger partial charge in [-0.15, -0.1) is 0 Å². The zero-order valence-corrected chi connectivity index (χ0v) is 28.4. The molecule has 0 aliphatic carbocycles. The summed E-state index contributed by atoms with van der Waals surface area (Å²) in [4.78, 5) is 15.1. The fourth-order valence-electron chi connectivity index (χ4n) is 6.32. The van der Waals surface area contributed by atoms with E-state index < -0.39 is 22.2 Å². The van der Waals surface area contributed by atoms with Gasteiger partial charge in [-0.3, -0.25) is 4.79 Å². The van der Waals surface area contributed by atoms with Crippen LogP contribution >= 0.6 is 0 Å². The Morgan fingerprint density at radius 2 is 1.52 bits per heavy atom. The number of ketones is 1. The zero-order valence-electron chi connectivity index (χ0n) is 26.8. The summed E-state index contributed by atoms with van der Waals surface area (Å²) < 4.78 is 45.0. The van der Waals surface area contributed by atoms with Crippen molar-refractivity contribution < 1.29 is 26.9 Å². The maximum Gasteiger partial charge on any atom is 0.209 e. The summed E-state index contributed by atoms with van der Waals surface area (Å²) >= 11 is -4.09. The highest BCUT2D eigenvalue weighted by Crippen LogP contribution is 2.48. The van der Waals surface area contributed by atoms with Crippen LogP contribution in [0, 0.1) is 5.92 Å². The summed E-state index contributed by atoms with van der Waals surface area (Å²) in [5.41, 5.74) is 5.59. The number of carbonyl (C=O) groups is 1. The van der Waals surface area contributed by atoms with Crippen LogP contribution in [0.4, 0.5) is 11.4 Å². The predicted octanol–water partition coefficient (Wildman–Crippen LogP) is 7.43. The number of rotatable bonds is 12. The van der Waals surface area contributed by atoms with E-state index in [9.17, 15) is 22.3 Å². The molecular weight excluding hydrogens is 593 g/mol. The molecule has 9 heteroatoms. The first-order chi connectivity index (χ1) is 20.7. The number of nitrogens with zero attached hydrogens (tertiary/aromatic N) is 2. The summed E-state index contributed by atoms with van der Waals surface area (Å²) in [7, 11) is 2.01. The van der Waals surface area contributed by atoms with E-state index in [0.29, 0.717) is 22.0 Å². The number of hydrogen-bond donors (Lipinski definition) is 2. The third kappa shape index (κ3) is 6.81. The highest BCUT2D eigenvalue weighted by Gasteiger charge is 2.43. The van der Waals surface area contributed by atoms with E-state index in [0.717, 1.165) is 59.7 Å². The van der Waals surface area contributed by atoms with Gasteiger partial charge < -0.3 is 14.0 Å². The van der Waals surface area contributed by atoms with E-state index in [1.807, 2.05) is 63.4 Å². The molecule has 4 rings (SSSR count). The molecule has 0 amide bonds. The van der Waals surface area contributed by atoms with Crippen LogP contribution < -0.4 is 4.90 Å². The molecule has 2 aliphatic heterocycles. The summed E-state index contributed by atoms with van der Waals surface area (Å²) in [5, 5.41) is 0. The molecule has 2 aromatic rings. The Hall–Kier alpha value is -2.98. The number of allylic oxidation sites excluding steroid dienone is 6. The summed E-state index contributed by atoms with van der Waals surface area (Å²) in [6, 6.07) is 10.9. The monoisotopic (exact) mass is 637 g/mol. The molecule has 2 aliphatic rings. The van der Waals surface area contributed by atoms with E-state index in [2.05, 4.69) is 49.3 Å². The van der Waals surface area contributed by atoms with Gasteiger partial charge in [-0.25, -0.2) is 8.42 Å². The molecule has 0 fully saturated rings. The van der Waals surface area contributed by atoms with Crippen molar-refractivity contribution in [1.29, 1.82) is 0 Å². The molecule has 2 unspecified atom stereocenters. The van der Waals surface area contributed by atoms with Crippen molar-refractivity contribution in [2.45, 2.75) is 87.8 Å². The van der Waals surface area contributed by atoms with Gasteiger partial charge in [0.15, 0.2) is 27.9 Å². The lowest BCUT2D eigenvalue weighted by molar-refractivity contribution is -0.401. The smallest absolute Gasteiger partial charge is 0.209 e. The molecule has 2 aromatic carbocycles. The minimum Gasteiger partial charge on any atom is -0.344 e. The van der Waals surface area contributed by atoms with Gasteiger partial charge in [0.1, 0.15) is 12.8 Å². The summed E-state index contributed by atoms with van der Waals surface area (Å²) in [6.07, 6.45) is 13.6. The SMILES string of the molecule is CC(C)C(=O)CCCCCN1/C(=C/C=C/C=C/C2=[N+](C)c3ccc(S(=O)O)cc3C2(C)C)C(C)(C)c2cc(S(=O)O)ccc21. The first-order valence-corrected chi connectivity index (χ1v) is 17.4. The third-order valence-electron chi connectivity index (χ3n) is 8.95. The average molecular weight is 638 g/mol. The highest BCUT2D eigenvalue weighted by atomic mass is 32.2. The minimum atomic E-state index is -2.06. The normalized spacial score (nSPS) is 19.4. The minimum absolute atomic E-state index is 0.0720. The molecule has 0 saturated carbocycles. The molecule has 2 atom stereocenters. The van der Waals surface area contributed by atoms with Gasteiger partial charge in [0, 0.05) is 53.4 Å². The van der Waals surface area contributed by atoms with Gasteiger partial charge in [0.25, 0.3) is 0 Å². The van der Waals surface area contributed by atoms with Gasteiger partial charge in [-0.05, 0) is 68.7 Å². The molecular formula is C35H45N2O5S2+. The van der Waals surface area contributed by atoms with Crippen molar-refractivity contribution in [3.8, 4) is 0 Å². The van der Waals surface area contributed by atoms with Crippen LogP contribution in [0.3, 0.4) is 0 Å². The highest BCUT2D eigenvalue weighted by molar-refractivity contribution is 7.79. The lowest BCUT2D eigenvalue weighted by Gasteiger charge is -2.27. The largest absolute Gasteiger partial charge is 0.344 e. The quantitative estimate of drug-likeness (QED) is 0.109. The lowest BCUT2D eigenvalue weighted by Crippen LogP contribution is -2.27. The van der Waals surface area contributed by atoms with Crippen LogP contribution in [0.25, 0.3) is 0 Å². The van der Waals surface area contributed by atoms with Crippen molar-refractivity contribution in [3.63, 3.8) is 0 Å². The Morgan fingerprint density at radius 3 is 2.16 bits per heavy atom. The fourth-order valence-corrected chi connectivity index (χ4v) is 7.13. The molecule has 2 N–H and O–H groups in total. The van der Waals surface area contributed by atoms with Crippen LogP contribution in [-0.2, 0) is 37.8 Å². The first kappa shape index (κ1) is 33.9. The number of carbonyl (C=O) groups excluding carboxylic acids is 1. The van der Waals surface area contributed by atoms with Gasteiger partial charge in [-0.1, -0.05) is 52.3 Å². The number of unbranched alkanes of at least 4 members (excludes halogenated alkanes) is 2. The second-order valence-corrected chi connectivity index (χ2v) is 14.9. The lowest BCUT2D eigenvalue weighted by atomic mass is 9.81. The predicted molar refractivity (Wildman–Crippen MR) is 180 cm³/mol. The Morgan fingerprint density at radius 1 is 0.886 bits per heavy atom. The Balaban J connectivity index is 1.56. The maximum absolute atomic E-state index is 12.1. The van der Waals surface area contributed by atoms with Crippen LogP contribution in [-0.4, -0.2) is 47.2 Å². The van der Waals surface area contributed by atoms with E-state index >= 15 is 0 Å². The molecule has 0 saturated heterocycles. The number of fused-ring (bicyclic) bond motifs is 2. The van der Waals surface area contributed by atoms with Crippen molar-refractivity contribution in [2.75, 3.05) is 18.5 Å². The van der Waals surface area contributed by atoms with Crippen LogP contribution in [0.2, 0.25) is 0 Å². The molecule has 0 aromatic heterocycles. The molecule has 0 spiro atoms.